The highest BCUT2D eigenvalue weighted by Gasteiger charge is 2.42. The molecule has 1 saturated heterocycles. The van der Waals surface area contributed by atoms with Gasteiger partial charge in [0.05, 0.1) is 43.6 Å². The van der Waals surface area contributed by atoms with Crippen molar-refractivity contribution in [1.82, 2.24) is 19.5 Å². The van der Waals surface area contributed by atoms with Crippen molar-refractivity contribution < 1.29 is 27.4 Å². The molecule has 0 bridgehead atoms. The van der Waals surface area contributed by atoms with Crippen LogP contribution in [0.3, 0.4) is 0 Å². The molecular formula is C21H27F3N4O3. The number of aryl methyl sites for hydroxylation is 1. The zero-order valence-electron chi connectivity index (χ0n) is 17.9. The number of nitrogens with zero attached hydrogens (tertiary/aromatic N) is 4. The zero-order valence-corrected chi connectivity index (χ0v) is 17.9. The van der Waals surface area contributed by atoms with Gasteiger partial charge in [-0.15, -0.1) is 0 Å². The molecule has 2 aromatic heterocycles. The molecule has 1 aliphatic carbocycles. The molecule has 1 saturated carbocycles. The first-order valence-corrected chi connectivity index (χ1v) is 10.6. The maximum atomic E-state index is 13.0. The number of carbonyl (C=O) groups excluding carboxylic acids is 1. The maximum absolute atomic E-state index is 13.0. The Balaban J connectivity index is 1.60. The van der Waals surface area contributed by atoms with Crippen molar-refractivity contribution in [3.05, 3.63) is 29.2 Å². The van der Waals surface area contributed by atoms with E-state index in [1.165, 1.54) is 7.11 Å². The molecule has 170 valence electrons. The molecule has 0 aromatic carbocycles. The van der Waals surface area contributed by atoms with E-state index in [1.54, 1.807) is 9.42 Å². The molecule has 2 aliphatic rings. The fourth-order valence-electron chi connectivity index (χ4n) is 4.60. The van der Waals surface area contributed by atoms with Crippen molar-refractivity contribution in [1.29, 1.82) is 0 Å². The number of ether oxygens (including phenoxy) is 2. The third-order valence-electron chi connectivity index (χ3n) is 6.38. The second-order valence-corrected chi connectivity index (χ2v) is 8.55. The van der Waals surface area contributed by atoms with Gasteiger partial charge < -0.3 is 14.4 Å². The fourth-order valence-corrected chi connectivity index (χ4v) is 4.60. The SMILES string of the molecule is COC(=O)N1C[C@H](c2cc(C)nc3cc(C4CCC(C(F)(F)F)CC4)nn23)OC[C@@H]1C. The smallest absolute Gasteiger partial charge is 0.409 e. The summed E-state index contributed by atoms with van der Waals surface area (Å²) >= 11 is 0. The summed E-state index contributed by atoms with van der Waals surface area (Å²) in [7, 11) is 1.35. The summed E-state index contributed by atoms with van der Waals surface area (Å²) in [6.07, 6.45) is -3.79. The normalized spacial score (nSPS) is 27.5. The van der Waals surface area contributed by atoms with E-state index in [0.29, 0.717) is 31.6 Å². The minimum Gasteiger partial charge on any atom is -0.453 e. The lowest BCUT2D eigenvalue weighted by Crippen LogP contribution is -2.48. The van der Waals surface area contributed by atoms with Crippen molar-refractivity contribution in [2.45, 2.75) is 63.8 Å². The predicted molar refractivity (Wildman–Crippen MR) is 106 cm³/mol. The third kappa shape index (κ3) is 4.35. The van der Waals surface area contributed by atoms with E-state index in [2.05, 4.69) is 4.98 Å². The van der Waals surface area contributed by atoms with Gasteiger partial charge in [0.1, 0.15) is 6.10 Å². The van der Waals surface area contributed by atoms with E-state index in [0.717, 1.165) is 17.1 Å². The lowest BCUT2D eigenvalue weighted by atomic mass is 9.80. The van der Waals surface area contributed by atoms with Crippen LogP contribution in [0.2, 0.25) is 0 Å². The number of amides is 1. The van der Waals surface area contributed by atoms with Crippen LogP contribution in [0.5, 0.6) is 0 Å². The van der Waals surface area contributed by atoms with Gasteiger partial charge in [-0.1, -0.05) is 0 Å². The lowest BCUT2D eigenvalue weighted by Gasteiger charge is -2.37. The quantitative estimate of drug-likeness (QED) is 0.692. The minimum absolute atomic E-state index is 0.0210. The van der Waals surface area contributed by atoms with Crippen LogP contribution in [0.1, 0.15) is 61.7 Å². The molecular weight excluding hydrogens is 413 g/mol. The number of alkyl halides is 3. The number of aromatic nitrogens is 3. The Morgan fingerprint density at radius 3 is 2.58 bits per heavy atom. The first-order chi connectivity index (χ1) is 14.7. The van der Waals surface area contributed by atoms with Crippen LogP contribution in [0.4, 0.5) is 18.0 Å². The second-order valence-electron chi connectivity index (χ2n) is 8.55. The van der Waals surface area contributed by atoms with Gasteiger partial charge in [0, 0.05) is 17.7 Å². The van der Waals surface area contributed by atoms with Gasteiger partial charge in [-0.2, -0.15) is 18.3 Å². The lowest BCUT2D eigenvalue weighted by molar-refractivity contribution is -0.182. The summed E-state index contributed by atoms with van der Waals surface area (Å²) < 4.78 is 51.6. The summed E-state index contributed by atoms with van der Waals surface area (Å²) in [6, 6.07) is 3.62. The Kier molecular flexibility index (Phi) is 5.85. The first-order valence-electron chi connectivity index (χ1n) is 10.6. The molecule has 31 heavy (non-hydrogen) atoms. The average Bonchev–Trinajstić information content (AvgIpc) is 3.16. The maximum Gasteiger partial charge on any atom is 0.409 e. The van der Waals surface area contributed by atoms with E-state index in [4.69, 9.17) is 14.6 Å². The molecule has 1 amide bonds. The first kappa shape index (κ1) is 21.9. The molecule has 0 N–H and O–H groups in total. The molecule has 3 heterocycles. The fraction of sp³-hybridized carbons (Fsp3) is 0.667. The Hall–Kier alpha value is -2.36. The van der Waals surface area contributed by atoms with Crippen LogP contribution in [-0.4, -0.2) is 58.1 Å². The highest BCUT2D eigenvalue weighted by atomic mass is 19.4. The summed E-state index contributed by atoms with van der Waals surface area (Å²) in [5.74, 6) is -1.24. The van der Waals surface area contributed by atoms with Crippen LogP contribution in [-0.2, 0) is 9.47 Å². The van der Waals surface area contributed by atoms with Crippen LogP contribution < -0.4 is 0 Å². The number of methoxy groups -OCH3 is 1. The van der Waals surface area contributed by atoms with Crippen LogP contribution in [0.15, 0.2) is 12.1 Å². The standard InChI is InChI=1S/C21H27F3N4O3/c1-12-8-17(18-10-27(20(29)30-3)13(2)11-31-18)28-19(25-12)9-16(26-28)14-4-6-15(7-5-14)21(22,23)24/h8-9,13-15,18H,4-7,10-11H2,1-3H3/t13-,14?,15?,18+/m0/s1. The molecule has 10 heteroatoms. The van der Waals surface area contributed by atoms with Gasteiger partial charge in [0.25, 0.3) is 0 Å². The molecule has 2 aromatic rings. The predicted octanol–water partition coefficient (Wildman–Crippen LogP) is 4.40. The van der Waals surface area contributed by atoms with Gasteiger partial charge in [-0.25, -0.2) is 14.3 Å². The number of hydrogen-bond acceptors (Lipinski definition) is 5. The molecule has 2 atom stereocenters. The average molecular weight is 440 g/mol. The molecule has 0 unspecified atom stereocenters. The molecule has 0 spiro atoms. The van der Waals surface area contributed by atoms with Gasteiger partial charge in [-0.3, -0.25) is 0 Å². The van der Waals surface area contributed by atoms with Crippen molar-refractivity contribution in [3.8, 4) is 0 Å². The molecule has 7 nitrogen and oxygen atoms in total. The molecule has 0 radical (unpaired) electrons. The van der Waals surface area contributed by atoms with E-state index < -0.39 is 24.3 Å². The molecule has 4 rings (SSSR count). The Labute approximate surface area is 178 Å². The topological polar surface area (TPSA) is 69.0 Å². The second kappa shape index (κ2) is 8.29. The van der Waals surface area contributed by atoms with Crippen LogP contribution in [0.25, 0.3) is 5.65 Å². The van der Waals surface area contributed by atoms with Crippen LogP contribution >= 0.6 is 0 Å². The Morgan fingerprint density at radius 2 is 1.94 bits per heavy atom. The van der Waals surface area contributed by atoms with Gasteiger partial charge in [0.2, 0.25) is 0 Å². The van der Waals surface area contributed by atoms with Crippen LogP contribution in [0, 0.1) is 12.8 Å². The monoisotopic (exact) mass is 440 g/mol. The summed E-state index contributed by atoms with van der Waals surface area (Å²) in [6.45, 7) is 4.44. The van der Waals surface area contributed by atoms with Gasteiger partial charge in [-0.05, 0) is 45.6 Å². The van der Waals surface area contributed by atoms with E-state index in [9.17, 15) is 18.0 Å². The zero-order chi connectivity index (χ0) is 22.3. The Morgan fingerprint density at radius 1 is 1.23 bits per heavy atom. The van der Waals surface area contributed by atoms with E-state index in [1.807, 2.05) is 26.0 Å². The number of morpholine rings is 1. The molecule has 1 aliphatic heterocycles. The van der Waals surface area contributed by atoms with E-state index >= 15 is 0 Å². The van der Waals surface area contributed by atoms with Crippen molar-refractivity contribution in [2.24, 2.45) is 5.92 Å². The highest BCUT2D eigenvalue weighted by molar-refractivity contribution is 5.68. The summed E-state index contributed by atoms with van der Waals surface area (Å²) in [4.78, 5) is 18.3. The number of rotatable bonds is 2. The van der Waals surface area contributed by atoms with E-state index in [-0.39, 0.29) is 24.8 Å². The summed E-state index contributed by atoms with van der Waals surface area (Å²) in [5.41, 5.74) is 2.93. The Bertz CT molecular complexity index is 953. The third-order valence-corrected chi connectivity index (χ3v) is 6.38. The number of hydrogen-bond donors (Lipinski definition) is 0. The number of carbonyl (C=O) groups is 1. The van der Waals surface area contributed by atoms with Crippen molar-refractivity contribution in [3.63, 3.8) is 0 Å². The summed E-state index contributed by atoms with van der Waals surface area (Å²) in [5, 5.41) is 4.71. The number of halogens is 3. The van der Waals surface area contributed by atoms with Gasteiger partial charge >= 0.3 is 12.3 Å². The van der Waals surface area contributed by atoms with Crippen molar-refractivity contribution >= 4 is 11.7 Å². The minimum atomic E-state index is -4.13. The highest BCUT2D eigenvalue weighted by Crippen LogP contribution is 2.42. The molecule has 2 fully saturated rings. The number of fused-ring (bicyclic) bond motifs is 1. The largest absolute Gasteiger partial charge is 0.453 e. The van der Waals surface area contributed by atoms with Gasteiger partial charge in [0.15, 0.2) is 5.65 Å². The van der Waals surface area contributed by atoms with Crippen molar-refractivity contribution in [2.75, 3.05) is 20.3 Å².